The minimum Gasteiger partial charge on any atom is -0.315 e. The Morgan fingerprint density at radius 2 is 1.75 bits per heavy atom. The van der Waals surface area contributed by atoms with Crippen LogP contribution in [0.2, 0.25) is 5.02 Å². The number of unbranched alkanes of at least 4 members (excludes halogenated alkanes) is 3. The van der Waals surface area contributed by atoms with Crippen LogP contribution >= 0.6 is 11.6 Å². The molecule has 0 unspecified atom stereocenters. The molecule has 0 heterocycles. The molecule has 0 saturated heterocycles. The first-order chi connectivity index (χ1) is 9.54. The summed E-state index contributed by atoms with van der Waals surface area (Å²) in [6.45, 7) is 2.13. The summed E-state index contributed by atoms with van der Waals surface area (Å²) in [6.07, 6.45) is 4.71. The summed E-state index contributed by atoms with van der Waals surface area (Å²) in [6, 6.07) is 7.00. The van der Waals surface area contributed by atoms with Crippen LogP contribution in [0.4, 0.5) is 5.69 Å². The lowest BCUT2D eigenvalue weighted by Crippen LogP contribution is -2.28. The van der Waals surface area contributed by atoms with Crippen molar-refractivity contribution >= 4 is 29.0 Å². The van der Waals surface area contributed by atoms with Crippen LogP contribution in [0.15, 0.2) is 24.3 Å². The van der Waals surface area contributed by atoms with Gasteiger partial charge in [0.2, 0.25) is 5.91 Å². The molecule has 110 valence electrons. The zero-order valence-electron chi connectivity index (χ0n) is 12.2. The van der Waals surface area contributed by atoms with Gasteiger partial charge in [0.1, 0.15) is 5.78 Å². The Labute approximate surface area is 125 Å². The fourth-order valence-corrected chi connectivity index (χ4v) is 2.06. The number of rotatable bonds is 8. The Bertz CT molecular complexity index is 442. The molecule has 0 atom stereocenters. The lowest BCUT2D eigenvalue weighted by molar-refractivity contribution is -0.126. The van der Waals surface area contributed by atoms with E-state index in [0.29, 0.717) is 11.4 Å². The Hall–Kier alpha value is -1.35. The third-order valence-electron chi connectivity index (χ3n) is 3.25. The van der Waals surface area contributed by atoms with E-state index in [2.05, 4.69) is 6.92 Å². The number of benzene rings is 1. The molecule has 0 aliphatic carbocycles. The van der Waals surface area contributed by atoms with E-state index in [9.17, 15) is 9.59 Å². The number of anilines is 1. The van der Waals surface area contributed by atoms with Crippen LogP contribution in [0.1, 0.15) is 45.4 Å². The van der Waals surface area contributed by atoms with E-state index in [4.69, 9.17) is 11.6 Å². The fourth-order valence-electron chi connectivity index (χ4n) is 1.93. The number of nitrogens with zero attached hydrogens (tertiary/aromatic N) is 1. The van der Waals surface area contributed by atoms with E-state index < -0.39 is 0 Å². The summed E-state index contributed by atoms with van der Waals surface area (Å²) < 4.78 is 0. The summed E-state index contributed by atoms with van der Waals surface area (Å²) in [5, 5.41) is 0.626. The SMILES string of the molecule is CCCCCCC(=O)CC(=O)N(C)c1ccc(Cl)cc1. The van der Waals surface area contributed by atoms with E-state index in [1.165, 1.54) is 4.90 Å². The van der Waals surface area contributed by atoms with Crippen LogP contribution in [0, 0.1) is 0 Å². The van der Waals surface area contributed by atoms with Gasteiger partial charge in [-0.3, -0.25) is 9.59 Å². The summed E-state index contributed by atoms with van der Waals surface area (Å²) in [7, 11) is 1.68. The van der Waals surface area contributed by atoms with Crippen molar-refractivity contribution in [2.75, 3.05) is 11.9 Å². The molecule has 20 heavy (non-hydrogen) atoms. The number of ketones is 1. The molecule has 1 aromatic rings. The molecular weight excluding hydrogens is 274 g/mol. The number of halogens is 1. The van der Waals surface area contributed by atoms with Crippen molar-refractivity contribution in [3.63, 3.8) is 0 Å². The number of Topliss-reactive ketones (excluding diaryl/α,β-unsaturated/α-hetero) is 1. The molecule has 1 rings (SSSR count). The lowest BCUT2D eigenvalue weighted by atomic mass is 10.1. The van der Waals surface area contributed by atoms with Gasteiger partial charge < -0.3 is 4.90 Å². The third kappa shape index (κ3) is 5.74. The highest BCUT2D eigenvalue weighted by molar-refractivity contribution is 6.30. The van der Waals surface area contributed by atoms with Crippen LogP contribution in [0.5, 0.6) is 0 Å². The Morgan fingerprint density at radius 3 is 2.35 bits per heavy atom. The Morgan fingerprint density at radius 1 is 1.10 bits per heavy atom. The van der Waals surface area contributed by atoms with E-state index in [1.54, 1.807) is 31.3 Å². The van der Waals surface area contributed by atoms with Crippen molar-refractivity contribution in [2.24, 2.45) is 0 Å². The number of hydrogen-bond donors (Lipinski definition) is 0. The van der Waals surface area contributed by atoms with Gasteiger partial charge >= 0.3 is 0 Å². The maximum atomic E-state index is 12.0. The minimum atomic E-state index is -0.173. The first kappa shape index (κ1) is 16.7. The number of carbonyl (C=O) groups excluding carboxylic acids is 2. The molecule has 1 aromatic carbocycles. The van der Waals surface area contributed by atoms with E-state index in [-0.39, 0.29) is 18.1 Å². The quantitative estimate of drug-likeness (QED) is 0.531. The van der Waals surface area contributed by atoms with Crippen molar-refractivity contribution < 1.29 is 9.59 Å². The second-order valence-corrected chi connectivity index (χ2v) is 5.39. The second kappa shape index (κ2) is 8.75. The van der Waals surface area contributed by atoms with Crippen LogP contribution < -0.4 is 4.90 Å². The molecule has 0 N–H and O–H groups in total. The normalized spacial score (nSPS) is 10.3. The zero-order valence-corrected chi connectivity index (χ0v) is 12.9. The molecule has 0 bridgehead atoms. The molecule has 0 aliphatic rings. The highest BCUT2D eigenvalue weighted by atomic mass is 35.5. The van der Waals surface area contributed by atoms with Gasteiger partial charge in [0.05, 0.1) is 6.42 Å². The average molecular weight is 296 g/mol. The fraction of sp³-hybridized carbons (Fsp3) is 0.500. The van der Waals surface area contributed by atoms with Crippen molar-refractivity contribution in [1.29, 1.82) is 0 Å². The predicted molar refractivity (Wildman–Crippen MR) is 83.2 cm³/mol. The lowest BCUT2D eigenvalue weighted by Gasteiger charge is -2.17. The van der Waals surface area contributed by atoms with E-state index in [0.717, 1.165) is 31.4 Å². The van der Waals surface area contributed by atoms with Gasteiger partial charge in [-0.25, -0.2) is 0 Å². The molecular formula is C16H22ClNO2. The van der Waals surface area contributed by atoms with Crippen molar-refractivity contribution in [3.05, 3.63) is 29.3 Å². The number of hydrogen-bond acceptors (Lipinski definition) is 2. The molecule has 0 aliphatic heterocycles. The molecule has 0 spiro atoms. The molecule has 0 fully saturated rings. The Kier molecular flexibility index (Phi) is 7.31. The number of carbonyl (C=O) groups is 2. The Balaban J connectivity index is 2.41. The molecule has 3 nitrogen and oxygen atoms in total. The van der Waals surface area contributed by atoms with Gasteiger partial charge in [-0.2, -0.15) is 0 Å². The first-order valence-corrected chi connectivity index (χ1v) is 7.46. The maximum Gasteiger partial charge on any atom is 0.234 e. The van der Waals surface area contributed by atoms with Gasteiger partial charge in [-0.1, -0.05) is 37.8 Å². The molecule has 0 saturated carbocycles. The maximum absolute atomic E-state index is 12.0. The van der Waals surface area contributed by atoms with Crippen LogP contribution in [0.25, 0.3) is 0 Å². The van der Waals surface area contributed by atoms with Crippen molar-refractivity contribution in [3.8, 4) is 0 Å². The summed E-state index contributed by atoms with van der Waals surface area (Å²) in [5.41, 5.74) is 0.748. The summed E-state index contributed by atoms with van der Waals surface area (Å²) in [4.78, 5) is 25.2. The monoisotopic (exact) mass is 295 g/mol. The summed E-state index contributed by atoms with van der Waals surface area (Å²) in [5.74, 6) is -0.153. The highest BCUT2D eigenvalue weighted by Crippen LogP contribution is 2.17. The smallest absolute Gasteiger partial charge is 0.234 e. The minimum absolute atomic E-state index is 0.0203. The summed E-state index contributed by atoms with van der Waals surface area (Å²) >= 11 is 5.81. The van der Waals surface area contributed by atoms with E-state index >= 15 is 0 Å². The van der Waals surface area contributed by atoms with Crippen LogP contribution in [-0.4, -0.2) is 18.7 Å². The third-order valence-corrected chi connectivity index (χ3v) is 3.50. The number of amides is 1. The largest absolute Gasteiger partial charge is 0.315 e. The standard InChI is InChI=1S/C16H22ClNO2/c1-3-4-5-6-7-15(19)12-16(20)18(2)14-10-8-13(17)9-11-14/h8-11H,3-7,12H2,1-2H3. The molecule has 0 radical (unpaired) electrons. The first-order valence-electron chi connectivity index (χ1n) is 7.08. The van der Waals surface area contributed by atoms with Gasteiger partial charge in [-0.05, 0) is 30.7 Å². The molecule has 1 amide bonds. The molecule has 4 heteroatoms. The van der Waals surface area contributed by atoms with Crippen LogP contribution in [-0.2, 0) is 9.59 Å². The topological polar surface area (TPSA) is 37.4 Å². The molecule has 0 aromatic heterocycles. The van der Waals surface area contributed by atoms with Crippen molar-refractivity contribution in [1.82, 2.24) is 0 Å². The highest BCUT2D eigenvalue weighted by Gasteiger charge is 2.15. The van der Waals surface area contributed by atoms with Gasteiger partial charge in [0.15, 0.2) is 0 Å². The van der Waals surface area contributed by atoms with Crippen LogP contribution in [0.3, 0.4) is 0 Å². The predicted octanol–water partition coefficient (Wildman–Crippen LogP) is 4.23. The zero-order chi connectivity index (χ0) is 15.0. The second-order valence-electron chi connectivity index (χ2n) is 4.96. The van der Waals surface area contributed by atoms with E-state index in [1.807, 2.05) is 0 Å². The average Bonchev–Trinajstić information content (AvgIpc) is 2.43. The van der Waals surface area contributed by atoms with Gasteiger partial charge in [-0.15, -0.1) is 0 Å². The van der Waals surface area contributed by atoms with Crippen molar-refractivity contribution in [2.45, 2.75) is 45.4 Å². The van der Waals surface area contributed by atoms with Gasteiger partial charge in [0.25, 0.3) is 0 Å². The van der Waals surface area contributed by atoms with Gasteiger partial charge in [0, 0.05) is 24.2 Å².